The van der Waals surface area contributed by atoms with Crippen molar-refractivity contribution in [3.63, 3.8) is 0 Å². The molecule has 0 radical (unpaired) electrons. The van der Waals surface area contributed by atoms with E-state index in [1.807, 2.05) is 14.0 Å². The van der Waals surface area contributed by atoms with Crippen molar-refractivity contribution in [1.29, 1.82) is 0 Å². The molecule has 4 nitrogen and oxygen atoms in total. The van der Waals surface area contributed by atoms with Crippen LogP contribution in [0.3, 0.4) is 0 Å². The van der Waals surface area contributed by atoms with E-state index in [4.69, 9.17) is 4.52 Å². The van der Waals surface area contributed by atoms with Gasteiger partial charge in [0.1, 0.15) is 5.82 Å². The minimum atomic E-state index is -0.261. The molecule has 2 rings (SSSR count). The molecule has 5 heteroatoms. The summed E-state index contributed by atoms with van der Waals surface area (Å²) in [5.41, 5.74) is 1.24. The summed E-state index contributed by atoms with van der Waals surface area (Å²) in [5, 5.41) is 7.18. The highest BCUT2D eigenvalue weighted by Crippen LogP contribution is 2.24. The van der Waals surface area contributed by atoms with Gasteiger partial charge in [0, 0.05) is 11.6 Å². The van der Waals surface area contributed by atoms with Gasteiger partial charge in [0.05, 0.1) is 5.92 Å². The average Bonchev–Trinajstić information content (AvgIpc) is 2.93. The first-order valence-electron chi connectivity index (χ1n) is 6.84. The minimum absolute atomic E-state index is 0.113. The Morgan fingerprint density at radius 2 is 2.15 bits per heavy atom. The van der Waals surface area contributed by atoms with Crippen LogP contribution >= 0.6 is 0 Å². The second kappa shape index (κ2) is 6.13. The summed E-state index contributed by atoms with van der Waals surface area (Å²) in [6.07, 6.45) is 0.967. The molecule has 1 N–H and O–H groups in total. The number of rotatable bonds is 5. The number of hydrogen-bond donors (Lipinski definition) is 1. The van der Waals surface area contributed by atoms with Gasteiger partial charge in [-0.2, -0.15) is 4.98 Å². The zero-order chi connectivity index (χ0) is 14.7. The third-order valence-corrected chi connectivity index (χ3v) is 3.68. The van der Waals surface area contributed by atoms with E-state index in [-0.39, 0.29) is 17.8 Å². The molecule has 0 spiro atoms. The summed E-state index contributed by atoms with van der Waals surface area (Å²) >= 11 is 0. The smallest absolute Gasteiger partial charge is 0.231 e. The predicted molar refractivity (Wildman–Crippen MR) is 76.0 cm³/mol. The number of hydrogen-bond acceptors (Lipinski definition) is 4. The predicted octanol–water partition coefficient (Wildman–Crippen LogP) is 3.29. The molecule has 1 heterocycles. The molecule has 1 aromatic heterocycles. The Balaban J connectivity index is 2.26. The van der Waals surface area contributed by atoms with Gasteiger partial charge in [0.15, 0.2) is 0 Å². The van der Waals surface area contributed by atoms with Crippen LogP contribution in [0.15, 0.2) is 22.7 Å². The van der Waals surface area contributed by atoms with E-state index in [1.165, 1.54) is 6.07 Å². The van der Waals surface area contributed by atoms with E-state index < -0.39 is 0 Å². The van der Waals surface area contributed by atoms with Gasteiger partial charge in [-0.1, -0.05) is 31.1 Å². The lowest BCUT2D eigenvalue weighted by Gasteiger charge is -2.18. The lowest BCUT2D eigenvalue weighted by atomic mass is 10.00. The first-order valence-corrected chi connectivity index (χ1v) is 6.84. The van der Waals surface area contributed by atoms with E-state index >= 15 is 0 Å². The maximum absolute atomic E-state index is 13.6. The molecule has 0 bridgehead atoms. The van der Waals surface area contributed by atoms with Crippen LogP contribution in [-0.2, 0) is 0 Å². The summed E-state index contributed by atoms with van der Waals surface area (Å²) in [6, 6.07) is 5.22. The van der Waals surface area contributed by atoms with E-state index in [2.05, 4.69) is 22.4 Å². The summed E-state index contributed by atoms with van der Waals surface area (Å²) in [4.78, 5) is 4.38. The highest BCUT2D eigenvalue weighted by molar-refractivity contribution is 5.55. The Morgan fingerprint density at radius 3 is 2.75 bits per heavy atom. The number of aromatic nitrogens is 2. The Morgan fingerprint density at radius 1 is 1.40 bits per heavy atom. The summed E-state index contributed by atoms with van der Waals surface area (Å²) < 4.78 is 18.9. The van der Waals surface area contributed by atoms with Gasteiger partial charge in [0.25, 0.3) is 0 Å². The van der Waals surface area contributed by atoms with Crippen LogP contribution in [-0.4, -0.2) is 23.2 Å². The Hall–Kier alpha value is -1.75. The summed E-state index contributed by atoms with van der Waals surface area (Å²) in [6.45, 7) is 5.86. The van der Waals surface area contributed by atoms with Crippen LogP contribution in [0.4, 0.5) is 4.39 Å². The molecule has 1 aromatic carbocycles. The Labute approximate surface area is 118 Å². The van der Waals surface area contributed by atoms with E-state index in [0.717, 1.165) is 6.42 Å². The Kier molecular flexibility index (Phi) is 4.49. The number of nitrogens with one attached hydrogen (secondary N) is 1. The third-order valence-electron chi connectivity index (χ3n) is 3.68. The monoisotopic (exact) mass is 277 g/mol. The summed E-state index contributed by atoms with van der Waals surface area (Å²) in [7, 11) is 1.91. The fourth-order valence-corrected chi connectivity index (χ4v) is 2.25. The molecule has 2 atom stereocenters. The molecule has 0 aliphatic carbocycles. The quantitative estimate of drug-likeness (QED) is 0.911. The Bertz CT molecular complexity index is 578. The third kappa shape index (κ3) is 2.88. The lowest BCUT2D eigenvalue weighted by molar-refractivity contribution is 0.326. The second-order valence-corrected chi connectivity index (χ2v) is 5.01. The molecule has 0 fully saturated rings. The SMILES string of the molecule is CCC(NC)C(C)c1nc(-c2ccc(C)c(F)c2)no1. The second-order valence-electron chi connectivity index (χ2n) is 5.01. The fourth-order valence-electron chi connectivity index (χ4n) is 2.25. The number of halogens is 1. The molecular weight excluding hydrogens is 257 g/mol. The van der Waals surface area contributed by atoms with Gasteiger partial charge in [-0.15, -0.1) is 0 Å². The van der Waals surface area contributed by atoms with Crippen molar-refractivity contribution in [2.75, 3.05) is 7.05 Å². The topological polar surface area (TPSA) is 51.0 Å². The molecule has 2 aromatic rings. The first-order chi connectivity index (χ1) is 9.56. The van der Waals surface area contributed by atoms with Crippen molar-refractivity contribution in [2.24, 2.45) is 0 Å². The summed E-state index contributed by atoms with van der Waals surface area (Å²) in [5.74, 6) is 0.851. The van der Waals surface area contributed by atoms with Gasteiger partial charge < -0.3 is 9.84 Å². The molecule has 2 unspecified atom stereocenters. The molecule has 0 saturated carbocycles. The molecular formula is C15H20FN3O. The lowest BCUT2D eigenvalue weighted by Crippen LogP contribution is -2.30. The van der Waals surface area contributed by atoms with Gasteiger partial charge in [-0.25, -0.2) is 4.39 Å². The highest BCUT2D eigenvalue weighted by atomic mass is 19.1. The van der Waals surface area contributed by atoms with Crippen molar-refractivity contribution in [3.05, 3.63) is 35.5 Å². The standard InChI is InChI=1S/C15H20FN3O/c1-5-13(17-4)10(3)15-18-14(19-20-15)11-7-6-9(2)12(16)8-11/h6-8,10,13,17H,5H2,1-4H3. The van der Waals surface area contributed by atoms with Crippen molar-refractivity contribution < 1.29 is 8.91 Å². The van der Waals surface area contributed by atoms with E-state index in [9.17, 15) is 4.39 Å². The number of likely N-dealkylation sites (N-methyl/N-ethyl adjacent to an activating group) is 1. The maximum Gasteiger partial charge on any atom is 0.231 e. The van der Waals surface area contributed by atoms with Crippen molar-refractivity contribution in [1.82, 2.24) is 15.5 Å². The van der Waals surface area contributed by atoms with Crippen LogP contribution in [0.1, 0.15) is 37.6 Å². The molecule has 108 valence electrons. The average molecular weight is 277 g/mol. The number of nitrogens with zero attached hydrogens (tertiary/aromatic N) is 2. The first kappa shape index (κ1) is 14.7. The largest absolute Gasteiger partial charge is 0.339 e. The zero-order valence-electron chi connectivity index (χ0n) is 12.3. The van der Waals surface area contributed by atoms with E-state index in [1.54, 1.807) is 19.1 Å². The van der Waals surface area contributed by atoms with Crippen LogP contribution in [0.2, 0.25) is 0 Å². The zero-order valence-corrected chi connectivity index (χ0v) is 12.3. The van der Waals surface area contributed by atoms with Crippen LogP contribution < -0.4 is 5.32 Å². The highest BCUT2D eigenvalue weighted by Gasteiger charge is 2.22. The van der Waals surface area contributed by atoms with Crippen molar-refractivity contribution in [3.8, 4) is 11.4 Å². The molecule has 0 aliphatic heterocycles. The van der Waals surface area contributed by atoms with Gasteiger partial charge in [0.2, 0.25) is 11.7 Å². The van der Waals surface area contributed by atoms with Crippen LogP contribution in [0, 0.1) is 12.7 Å². The normalized spacial score (nSPS) is 14.2. The number of benzene rings is 1. The van der Waals surface area contributed by atoms with Crippen LogP contribution in [0.5, 0.6) is 0 Å². The van der Waals surface area contributed by atoms with Gasteiger partial charge in [-0.05, 0) is 32.0 Å². The van der Waals surface area contributed by atoms with Crippen LogP contribution in [0.25, 0.3) is 11.4 Å². The fraction of sp³-hybridized carbons (Fsp3) is 0.467. The molecule has 0 amide bonds. The van der Waals surface area contributed by atoms with E-state index in [0.29, 0.717) is 22.8 Å². The molecule has 0 aliphatic rings. The molecule has 20 heavy (non-hydrogen) atoms. The van der Waals surface area contributed by atoms with Gasteiger partial charge >= 0.3 is 0 Å². The number of aryl methyl sites for hydroxylation is 1. The minimum Gasteiger partial charge on any atom is -0.339 e. The van der Waals surface area contributed by atoms with Gasteiger partial charge in [-0.3, -0.25) is 0 Å². The maximum atomic E-state index is 13.6. The van der Waals surface area contributed by atoms with Crippen molar-refractivity contribution >= 4 is 0 Å². The van der Waals surface area contributed by atoms with Crippen molar-refractivity contribution in [2.45, 2.75) is 39.2 Å². The molecule has 0 saturated heterocycles.